The van der Waals surface area contributed by atoms with E-state index in [1.165, 1.54) is 0 Å². The quantitative estimate of drug-likeness (QED) is 0.630. The molecule has 1 aliphatic heterocycles. The molecule has 88 valence electrons. The maximum absolute atomic E-state index is 11.3. The van der Waals surface area contributed by atoms with Crippen molar-refractivity contribution in [2.45, 2.75) is 17.6 Å². The van der Waals surface area contributed by atoms with Gasteiger partial charge in [-0.1, -0.05) is 0 Å². The topological polar surface area (TPSA) is 54.4 Å². The van der Waals surface area contributed by atoms with Crippen molar-refractivity contribution in [2.24, 2.45) is 0 Å². The molecule has 0 bridgehead atoms. The fourth-order valence-electron chi connectivity index (χ4n) is 1.46. The summed E-state index contributed by atoms with van der Waals surface area (Å²) in [5.74, 6) is 0.683. The summed E-state index contributed by atoms with van der Waals surface area (Å²) in [6.07, 6.45) is 2.58. The van der Waals surface area contributed by atoms with Gasteiger partial charge >= 0.3 is 0 Å². The molecular formula is C10H12BrNO3S. The van der Waals surface area contributed by atoms with E-state index in [-0.39, 0.29) is 6.10 Å². The first-order valence-corrected chi connectivity index (χ1v) is 7.25. The second kappa shape index (κ2) is 5.35. The standard InChI is InChI=1S/C10H12BrNO3S/c1-16(13)10-5-8(4-9(11)12-10)15-7-2-3-14-6-7/h4-5,7H,2-3,6H2,1H3. The van der Waals surface area contributed by atoms with Crippen molar-refractivity contribution in [2.75, 3.05) is 19.5 Å². The average Bonchev–Trinajstić information content (AvgIpc) is 2.69. The molecule has 1 saturated heterocycles. The Morgan fingerprint density at radius 1 is 1.62 bits per heavy atom. The summed E-state index contributed by atoms with van der Waals surface area (Å²) in [4.78, 5) is 4.11. The zero-order valence-electron chi connectivity index (χ0n) is 8.81. The fraction of sp³-hybridized carbons (Fsp3) is 0.500. The first-order chi connectivity index (χ1) is 7.65. The van der Waals surface area contributed by atoms with Crippen molar-refractivity contribution < 1.29 is 14.0 Å². The summed E-state index contributed by atoms with van der Waals surface area (Å²) in [7, 11) is 0. The second-order valence-corrected chi connectivity index (χ2v) is 5.66. The molecule has 2 unspecified atom stereocenters. The fourth-order valence-corrected chi connectivity index (χ4v) is 2.51. The Morgan fingerprint density at radius 2 is 2.44 bits per heavy atom. The molecule has 6 heteroatoms. The highest BCUT2D eigenvalue weighted by Crippen LogP contribution is 2.23. The molecule has 2 rings (SSSR count). The molecule has 1 aliphatic rings. The third-order valence-electron chi connectivity index (χ3n) is 2.23. The van der Waals surface area contributed by atoms with Crippen molar-refractivity contribution in [1.29, 1.82) is 0 Å². The van der Waals surface area contributed by atoms with Gasteiger partial charge in [0, 0.05) is 23.7 Å². The van der Waals surface area contributed by atoms with Gasteiger partial charge in [0.15, 0.2) is 0 Å². The molecule has 0 aromatic carbocycles. The van der Waals surface area contributed by atoms with Crippen LogP contribution < -0.4 is 4.74 Å². The normalized spacial score (nSPS) is 22.1. The van der Waals surface area contributed by atoms with E-state index in [1.54, 1.807) is 18.4 Å². The molecule has 4 nitrogen and oxygen atoms in total. The van der Waals surface area contributed by atoms with Crippen LogP contribution in [0.2, 0.25) is 0 Å². The van der Waals surface area contributed by atoms with Crippen LogP contribution in [0.4, 0.5) is 0 Å². The van der Waals surface area contributed by atoms with E-state index in [4.69, 9.17) is 9.47 Å². The highest BCUT2D eigenvalue weighted by molar-refractivity contribution is 9.10. The highest BCUT2D eigenvalue weighted by atomic mass is 79.9. The van der Waals surface area contributed by atoms with Gasteiger partial charge in [-0.3, -0.25) is 0 Å². The largest absolute Gasteiger partial charge is 0.610 e. The van der Waals surface area contributed by atoms with E-state index in [2.05, 4.69) is 20.9 Å². The number of pyridine rings is 1. The molecular weight excluding hydrogens is 294 g/mol. The molecule has 0 spiro atoms. The lowest BCUT2D eigenvalue weighted by Crippen LogP contribution is -2.16. The van der Waals surface area contributed by atoms with E-state index in [0.29, 0.717) is 22.0 Å². The van der Waals surface area contributed by atoms with E-state index in [9.17, 15) is 4.55 Å². The first kappa shape index (κ1) is 12.2. The smallest absolute Gasteiger partial charge is 0.249 e. The van der Waals surface area contributed by atoms with Crippen LogP contribution in [0, 0.1) is 0 Å². The molecule has 2 heterocycles. The maximum atomic E-state index is 11.3. The number of nitrogens with zero attached hydrogens (tertiary/aromatic N) is 1. The molecule has 0 saturated carbocycles. The van der Waals surface area contributed by atoms with E-state index in [0.717, 1.165) is 13.0 Å². The van der Waals surface area contributed by atoms with E-state index < -0.39 is 11.2 Å². The number of aromatic nitrogens is 1. The van der Waals surface area contributed by atoms with Crippen molar-refractivity contribution in [3.63, 3.8) is 0 Å². The third kappa shape index (κ3) is 3.10. The number of halogens is 1. The Morgan fingerprint density at radius 3 is 3.06 bits per heavy atom. The number of rotatable bonds is 3. The van der Waals surface area contributed by atoms with Crippen molar-refractivity contribution >= 4 is 27.1 Å². The molecule has 1 fully saturated rings. The second-order valence-electron chi connectivity index (χ2n) is 3.52. The van der Waals surface area contributed by atoms with Gasteiger partial charge < -0.3 is 14.0 Å². The number of hydrogen-bond acceptors (Lipinski definition) is 4. The first-order valence-electron chi connectivity index (χ1n) is 4.90. The summed E-state index contributed by atoms with van der Waals surface area (Å²) in [6, 6.07) is 3.48. The van der Waals surface area contributed by atoms with Crippen LogP contribution in [0.1, 0.15) is 6.42 Å². The van der Waals surface area contributed by atoms with Gasteiger partial charge in [0.1, 0.15) is 22.7 Å². The lowest BCUT2D eigenvalue weighted by Gasteiger charge is -2.12. The monoisotopic (exact) mass is 305 g/mol. The van der Waals surface area contributed by atoms with Crippen LogP contribution in [0.15, 0.2) is 21.8 Å². The average molecular weight is 306 g/mol. The van der Waals surface area contributed by atoms with Gasteiger partial charge in [0.05, 0.1) is 19.3 Å². The maximum Gasteiger partial charge on any atom is 0.249 e. The van der Waals surface area contributed by atoms with E-state index in [1.807, 2.05) is 0 Å². The van der Waals surface area contributed by atoms with Crippen molar-refractivity contribution in [3.05, 3.63) is 16.7 Å². The van der Waals surface area contributed by atoms with Crippen molar-refractivity contribution in [1.82, 2.24) is 4.98 Å². The van der Waals surface area contributed by atoms with Gasteiger partial charge in [0.25, 0.3) is 0 Å². The summed E-state index contributed by atoms with van der Waals surface area (Å²) in [5.41, 5.74) is 0. The van der Waals surface area contributed by atoms with Gasteiger partial charge in [-0.05, 0) is 15.9 Å². The Balaban J connectivity index is 2.13. The Bertz CT molecular complexity index is 369. The van der Waals surface area contributed by atoms with Crippen LogP contribution >= 0.6 is 15.9 Å². The number of hydrogen-bond donors (Lipinski definition) is 0. The molecule has 16 heavy (non-hydrogen) atoms. The molecule has 0 aliphatic carbocycles. The molecule has 0 N–H and O–H groups in total. The van der Waals surface area contributed by atoms with E-state index >= 15 is 0 Å². The van der Waals surface area contributed by atoms with Crippen LogP contribution in [0.25, 0.3) is 0 Å². The Hall–Kier alpha value is -0.300. The Labute approximate surface area is 106 Å². The summed E-state index contributed by atoms with van der Waals surface area (Å²) >= 11 is 2.17. The minimum absolute atomic E-state index is 0.0902. The molecule has 0 amide bonds. The number of ether oxygens (including phenoxy) is 2. The molecule has 1 aromatic rings. The summed E-state index contributed by atoms with van der Waals surface area (Å²) in [6.45, 7) is 1.36. The third-order valence-corrected chi connectivity index (χ3v) is 3.43. The minimum atomic E-state index is -1.10. The lowest BCUT2D eigenvalue weighted by molar-refractivity contribution is 0.141. The van der Waals surface area contributed by atoms with Gasteiger partial charge in [-0.25, -0.2) is 0 Å². The zero-order chi connectivity index (χ0) is 11.5. The highest BCUT2D eigenvalue weighted by Gasteiger charge is 2.19. The predicted octanol–water partition coefficient (Wildman–Crippen LogP) is 1.75. The lowest BCUT2D eigenvalue weighted by atomic mass is 10.3. The minimum Gasteiger partial charge on any atom is -0.610 e. The van der Waals surface area contributed by atoms with Gasteiger partial charge in [-0.15, -0.1) is 0 Å². The van der Waals surface area contributed by atoms with Gasteiger partial charge in [0.2, 0.25) is 5.03 Å². The van der Waals surface area contributed by atoms with Crippen LogP contribution in [0.5, 0.6) is 5.75 Å². The summed E-state index contributed by atoms with van der Waals surface area (Å²) < 4.78 is 22.9. The molecule has 0 radical (unpaired) electrons. The molecule has 1 aromatic heterocycles. The zero-order valence-corrected chi connectivity index (χ0v) is 11.2. The van der Waals surface area contributed by atoms with Crippen LogP contribution in [-0.2, 0) is 15.9 Å². The van der Waals surface area contributed by atoms with Gasteiger partial charge in [-0.2, -0.15) is 4.98 Å². The Kier molecular flexibility index (Phi) is 4.07. The SMILES string of the molecule is C[S+]([O-])c1cc(OC2CCOC2)cc(Br)n1. The summed E-state index contributed by atoms with van der Waals surface area (Å²) in [5, 5.41) is 0.517. The van der Waals surface area contributed by atoms with Crippen molar-refractivity contribution in [3.8, 4) is 5.75 Å². The predicted molar refractivity (Wildman–Crippen MR) is 64.1 cm³/mol. The molecule has 2 atom stereocenters. The van der Waals surface area contributed by atoms with Crippen LogP contribution in [-0.4, -0.2) is 35.1 Å². The van der Waals surface area contributed by atoms with Crippen LogP contribution in [0.3, 0.4) is 0 Å².